The summed E-state index contributed by atoms with van der Waals surface area (Å²) in [5.74, 6) is -0.336. The Morgan fingerprint density at radius 3 is 2.71 bits per heavy atom. The summed E-state index contributed by atoms with van der Waals surface area (Å²) in [6, 6.07) is 3.77. The van der Waals surface area contributed by atoms with E-state index in [0.717, 1.165) is 22.0 Å². The summed E-state index contributed by atoms with van der Waals surface area (Å²) in [5.41, 5.74) is 3.28. The Bertz CT molecular complexity index is 587. The maximum atomic E-state index is 11.8. The van der Waals surface area contributed by atoms with E-state index in [2.05, 4.69) is 4.98 Å². The van der Waals surface area contributed by atoms with Gasteiger partial charge in [-0.05, 0) is 38.0 Å². The highest BCUT2D eigenvalue weighted by Crippen LogP contribution is 2.31. The van der Waals surface area contributed by atoms with Crippen LogP contribution in [0.3, 0.4) is 0 Å². The number of hydrogen-bond donors (Lipinski definition) is 1. The number of benzene rings is 1. The minimum atomic E-state index is -0.336. The SMILES string of the molecule is CCOC(=O)c1[nH]c2c(C)ccc(Cl)c2c1C. The third-order valence-corrected chi connectivity index (χ3v) is 3.16. The van der Waals surface area contributed by atoms with Crippen molar-refractivity contribution in [2.75, 3.05) is 6.61 Å². The van der Waals surface area contributed by atoms with E-state index in [1.807, 2.05) is 26.0 Å². The number of H-pyrrole nitrogens is 1. The lowest BCUT2D eigenvalue weighted by atomic mass is 10.1. The lowest BCUT2D eigenvalue weighted by Gasteiger charge is -2.00. The molecule has 0 fully saturated rings. The highest BCUT2D eigenvalue weighted by atomic mass is 35.5. The van der Waals surface area contributed by atoms with Crippen LogP contribution in [0, 0.1) is 13.8 Å². The Kier molecular flexibility index (Phi) is 3.11. The second-order valence-corrected chi connectivity index (χ2v) is 4.37. The number of esters is 1. The number of aryl methyl sites for hydroxylation is 2. The number of ether oxygens (including phenoxy) is 1. The maximum absolute atomic E-state index is 11.8. The molecule has 0 saturated carbocycles. The van der Waals surface area contributed by atoms with Gasteiger partial charge in [0.15, 0.2) is 0 Å². The Morgan fingerprint density at radius 2 is 2.12 bits per heavy atom. The standard InChI is InChI=1S/C13H14ClNO2/c1-4-17-13(16)12-8(3)10-9(14)6-5-7(2)11(10)15-12/h5-6,15H,4H2,1-3H3. The largest absolute Gasteiger partial charge is 0.461 e. The molecular weight excluding hydrogens is 238 g/mol. The number of carbonyl (C=O) groups excluding carboxylic acids is 1. The molecule has 0 aliphatic carbocycles. The van der Waals surface area contributed by atoms with Gasteiger partial charge in [-0.25, -0.2) is 4.79 Å². The van der Waals surface area contributed by atoms with Crippen LogP contribution in [0.2, 0.25) is 5.02 Å². The van der Waals surface area contributed by atoms with Gasteiger partial charge in [0, 0.05) is 5.39 Å². The molecule has 4 heteroatoms. The molecule has 0 spiro atoms. The van der Waals surface area contributed by atoms with E-state index in [1.54, 1.807) is 6.92 Å². The quantitative estimate of drug-likeness (QED) is 0.829. The third-order valence-electron chi connectivity index (χ3n) is 2.84. The summed E-state index contributed by atoms with van der Waals surface area (Å²) in [6.45, 7) is 5.99. The first-order chi connectivity index (χ1) is 8.06. The van der Waals surface area contributed by atoms with Crippen LogP contribution < -0.4 is 0 Å². The van der Waals surface area contributed by atoms with Crippen molar-refractivity contribution in [1.82, 2.24) is 4.98 Å². The fraction of sp³-hybridized carbons (Fsp3) is 0.308. The molecule has 2 aromatic rings. The zero-order valence-corrected chi connectivity index (χ0v) is 10.8. The van der Waals surface area contributed by atoms with Crippen molar-refractivity contribution in [3.63, 3.8) is 0 Å². The van der Waals surface area contributed by atoms with Crippen molar-refractivity contribution in [3.05, 3.63) is 34.0 Å². The Morgan fingerprint density at radius 1 is 1.41 bits per heavy atom. The summed E-state index contributed by atoms with van der Waals surface area (Å²) < 4.78 is 5.00. The molecule has 17 heavy (non-hydrogen) atoms. The number of carbonyl (C=O) groups is 1. The van der Waals surface area contributed by atoms with Gasteiger partial charge in [0.05, 0.1) is 17.1 Å². The molecule has 0 radical (unpaired) electrons. The minimum Gasteiger partial charge on any atom is -0.461 e. The fourth-order valence-electron chi connectivity index (χ4n) is 1.96. The van der Waals surface area contributed by atoms with Crippen LogP contribution in [0.25, 0.3) is 10.9 Å². The number of nitrogens with one attached hydrogen (secondary N) is 1. The highest BCUT2D eigenvalue weighted by molar-refractivity contribution is 6.36. The molecule has 0 aliphatic rings. The molecular formula is C13H14ClNO2. The first kappa shape index (κ1) is 12.0. The number of halogens is 1. The van der Waals surface area contributed by atoms with Gasteiger partial charge >= 0.3 is 5.97 Å². The minimum absolute atomic E-state index is 0.336. The highest BCUT2D eigenvalue weighted by Gasteiger charge is 2.18. The smallest absolute Gasteiger partial charge is 0.355 e. The van der Waals surface area contributed by atoms with Crippen LogP contribution in [0.4, 0.5) is 0 Å². The second-order valence-electron chi connectivity index (χ2n) is 3.96. The van der Waals surface area contributed by atoms with Crippen molar-refractivity contribution in [2.45, 2.75) is 20.8 Å². The molecule has 2 rings (SSSR count). The summed E-state index contributed by atoms with van der Waals surface area (Å²) >= 11 is 6.16. The van der Waals surface area contributed by atoms with Crippen molar-refractivity contribution in [3.8, 4) is 0 Å². The fourth-order valence-corrected chi connectivity index (χ4v) is 2.26. The number of hydrogen-bond acceptors (Lipinski definition) is 2. The Hall–Kier alpha value is -1.48. The average Bonchev–Trinajstić information content (AvgIpc) is 2.63. The van der Waals surface area contributed by atoms with E-state index in [0.29, 0.717) is 17.3 Å². The average molecular weight is 252 g/mol. The first-order valence-corrected chi connectivity index (χ1v) is 5.88. The van der Waals surface area contributed by atoms with Gasteiger partial charge in [-0.15, -0.1) is 0 Å². The van der Waals surface area contributed by atoms with Crippen LogP contribution in [0.1, 0.15) is 28.5 Å². The van der Waals surface area contributed by atoms with Gasteiger partial charge < -0.3 is 9.72 Å². The molecule has 1 aromatic heterocycles. The van der Waals surface area contributed by atoms with Gasteiger partial charge in [-0.2, -0.15) is 0 Å². The summed E-state index contributed by atoms with van der Waals surface area (Å²) in [5, 5.41) is 1.55. The van der Waals surface area contributed by atoms with Gasteiger partial charge in [0.2, 0.25) is 0 Å². The molecule has 1 heterocycles. The van der Waals surface area contributed by atoms with E-state index < -0.39 is 0 Å². The van der Waals surface area contributed by atoms with E-state index >= 15 is 0 Å². The van der Waals surface area contributed by atoms with Crippen LogP contribution in [0.5, 0.6) is 0 Å². The van der Waals surface area contributed by atoms with E-state index in [9.17, 15) is 4.79 Å². The molecule has 0 amide bonds. The topological polar surface area (TPSA) is 42.1 Å². The van der Waals surface area contributed by atoms with Crippen LogP contribution in [-0.4, -0.2) is 17.6 Å². The monoisotopic (exact) mass is 251 g/mol. The van der Waals surface area contributed by atoms with Crippen LogP contribution in [-0.2, 0) is 4.74 Å². The van der Waals surface area contributed by atoms with Gasteiger partial charge in [-0.1, -0.05) is 17.7 Å². The predicted octanol–water partition coefficient (Wildman–Crippen LogP) is 3.61. The normalized spacial score (nSPS) is 10.8. The molecule has 90 valence electrons. The molecule has 1 N–H and O–H groups in total. The van der Waals surface area contributed by atoms with Gasteiger partial charge in [0.1, 0.15) is 5.69 Å². The van der Waals surface area contributed by atoms with Crippen molar-refractivity contribution in [1.29, 1.82) is 0 Å². The molecule has 0 aliphatic heterocycles. The first-order valence-electron chi connectivity index (χ1n) is 5.50. The van der Waals surface area contributed by atoms with Crippen molar-refractivity contribution >= 4 is 28.5 Å². The lowest BCUT2D eigenvalue weighted by Crippen LogP contribution is -2.06. The third kappa shape index (κ3) is 1.91. The number of rotatable bonds is 2. The Balaban J connectivity index is 2.68. The van der Waals surface area contributed by atoms with E-state index in [4.69, 9.17) is 16.3 Å². The van der Waals surface area contributed by atoms with Crippen LogP contribution in [0.15, 0.2) is 12.1 Å². The van der Waals surface area contributed by atoms with Crippen LogP contribution >= 0.6 is 11.6 Å². The number of aromatic nitrogens is 1. The summed E-state index contributed by atoms with van der Waals surface area (Å²) in [6.07, 6.45) is 0. The van der Waals surface area contributed by atoms with Gasteiger partial charge in [0.25, 0.3) is 0 Å². The number of aromatic amines is 1. The summed E-state index contributed by atoms with van der Waals surface area (Å²) in [4.78, 5) is 14.9. The molecule has 0 atom stereocenters. The van der Waals surface area contributed by atoms with E-state index in [-0.39, 0.29) is 5.97 Å². The lowest BCUT2D eigenvalue weighted by molar-refractivity contribution is 0.0520. The van der Waals surface area contributed by atoms with E-state index in [1.165, 1.54) is 0 Å². The Labute approximate surface area is 105 Å². The molecule has 1 aromatic carbocycles. The zero-order chi connectivity index (χ0) is 12.6. The van der Waals surface area contributed by atoms with Crippen molar-refractivity contribution in [2.24, 2.45) is 0 Å². The molecule has 0 bridgehead atoms. The number of fused-ring (bicyclic) bond motifs is 1. The maximum Gasteiger partial charge on any atom is 0.355 e. The zero-order valence-electron chi connectivity index (χ0n) is 10.1. The summed E-state index contributed by atoms with van der Waals surface area (Å²) in [7, 11) is 0. The predicted molar refractivity (Wildman–Crippen MR) is 68.7 cm³/mol. The molecule has 0 saturated heterocycles. The van der Waals surface area contributed by atoms with Crippen molar-refractivity contribution < 1.29 is 9.53 Å². The molecule has 3 nitrogen and oxygen atoms in total. The second kappa shape index (κ2) is 4.41. The van der Waals surface area contributed by atoms with Gasteiger partial charge in [-0.3, -0.25) is 0 Å². The molecule has 0 unspecified atom stereocenters.